The third kappa shape index (κ3) is 2.95. The van der Waals surface area contributed by atoms with Gasteiger partial charge in [-0.05, 0) is 19.1 Å². The van der Waals surface area contributed by atoms with E-state index >= 15 is 0 Å². The molecule has 6 heteroatoms. The molecule has 1 aromatic heterocycles. The Bertz CT molecular complexity index is 789. The first-order valence-corrected chi connectivity index (χ1v) is 7.86. The first-order valence-electron chi connectivity index (χ1n) is 7.86. The van der Waals surface area contributed by atoms with Gasteiger partial charge in [0.15, 0.2) is 0 Å². The first-order chi connectivity index (χ1) is 11.6. The number of nitrogens with zero attached hydrogens (tertiary/aromatic N) is 2. The fourth-order valence-corrected chi connectivity index (χ4v) is 2.75. The summed E-state index contributed by atoms with van der Waals surface area (Å²) in [4.78, 5) is 29.8. The van der Waals surface area contributed by atoms with Gasteiger partial charge in [-0.15, -0.1) is 0 Å². The van der Waals surface area contributed by atoms with Gasteiger partial charge >= 0.3 is 0 Å². The van der Waals surface area contributed by atoms with Crippen LogP contribution >= 0.6 is 0 Å². The number of hydrogen-bond donors (Lipinski definition) is 1. The molecule has 1 aliphatic heterocycles. The third-order valence-electron chi connectivity index (χ3n) is 3.94. The molecule has 0 spiro atoms. The Hall–Kier alpha value is -2.89. The number of nitrogens with one attached hydrogen (secondary N) is 1. The Morgan fingerprint density at radius 3 is 2.92 bits per heavy atom. The largest absolute Gasteiger partial charge is 0.493 e. The van der Waals surface area contributed by atoms with Crippen LogP contribution in [0.25, 0.3) is 11.1 Å². The van der Waals surface area contributed by atoms with Crippen LogP contribution in [0.1, 0.15) is 12.6 Å². The molecule has 2 aromatic rings. The molecule has 2 amide bonds. The number of carbonyl (C=O) groups excluding carboxylic acids is 2. The summed E-state index contributed by atoms with van der Waals surface area (Å²) in [6.07, 6.45) is 1.97. The predicted octanol–water partition coefficient (Wildman–Crippen LogP) is 1.78. The molecule has 124 valence electrons. The van der Waals surface area contributed by atoms with Gasteiger partial charge in [0.1, 0.15) is 12.3 Å². The van der Waals surface area contributed by atoms with Gasteiger partial charge in [-0.2, -0.15) is 0 Å². The van der Waals surface area contributed by atoms with E-state index in [0.717, 1.165) is 16.9 Å². The number of hydrogen-bond acceptors (Lipinski definition) is 4. The lowest BCUT2D eigenvalue weighted by Crippen LogP contribution is -2.37. The van der Waals surface area contributed by atoms with E-state index < -0.39 is 0 Å². The van der Waals surface area contributed by atoms with Gasteiger partial charge in [0.05, 0.1) is 24.4 Å². The maximum absolute atomic E-state index is 12.2. The molecular formula is C18H19N3O3. The fourth-order valence-electron chi connectivity index (χ4n) is 2.75. The van der Waals surface area contributed by atoms with Crippen molar-refractivity contribution in [2.75, 3.05) is 25.1 Å². The Morgan fingerprint density at radius 1 is 1.38 bits per heavy atom. The summed E-state index contributed by atoms with van der Waals surface area (Å²) in [6, 6.07) is 9.59. The van der Waals surface area contributed by atoms with E-state index in [-0.39, 0.29) is 24.8 Å². The van der Waals surface area contributed by atoms with Gasteiger partial charge in [0, 0.05) is 24.4 Å². The topological polar surface area (TPSA) is 71.5 Å². The number of amides is 2. The minimum absolute atomic E-state index is 0.000569. The summed E-state index contributed by atoms with van der Waals surface area (Å²) in [7, 11) is 1.55. The molecule has 0 atom stereocenters. The zero-order valence-corrected chi connectivity index (χ0v) is 13.7. The van der Waals surface area contributed by atoms with Gasteiger partial charge < -0.3 is 15.0 Å². The molecule has 3 rings (SSSR count). The highest BCUT2D eigenvalue weighted by Crippen LogP contribution is 2.35. The van der Waals surface area contributed by atoms with E-state index in [1.165, 1.54) is 4.90 Å². The van der Waals surface area contributed by atoms with Crippen LogP contribution in [0.2, 0.25) is 0 Å². The van der Waals surface area contributed by atoms with Crippen LogP contribution in [0.5, 0.6) is 5.75 Å². The molecule has 0 aliphatic carbocycles. The number of aromatic nitrogens is 1. The summed E-state index contributed by atoms with van der Waals surface area (Å²) in [5, 5.41) is 2.54. The highest BCUT2D eigenvalue weighted by atomic mass is 16.5. The molecule has 0 saturated heterocycles. The van der Waals surface area contributed by atoms with Crippen LogP contribution < -0.4 is 15.0 Å². The first kappa shape index (κ1) is 16.0. The molecule has 0 bridgehead atoms. The lowest BCUT2D eigenvalue weighted by Gasteiger charge is -2.17. The Morgan fingerprint density at radius 2 is 2.17 bits per heavy atom. The molecule has 0 unspecified atom stereocenters. The highest BCUT2D eigenvalue weighted by Gasteiger charge is 2.30. The smallest absolute Gasteiger partial charge is 0.239 e. The average molecular weight is 325 g/mol. The second-order valence-electron chi connectivity index (χ2n) is 5.45. The fraction of sp³-hybridized carbons (Fsp3) is 0.278. The summed E-state index contributed by atoms with van der Waals surface area (Å²) >= 11 is 0. The van der Waals surface area contributed by atoms with Crippen molar-refractivity contribution in [2.24, 2.45) is 0 Å². The van der Waals surface area contributed by atoms with Crippen molar-refractivity contribution in [3.63, 3.8) is 0 Å². The van der Waals surface area contributed by atoms with E-state index in [0.29, 0.717) is 18.0 Å². The summed E-state index contributed by atoms with van der Waals surface area (Å²) in [6.45, 7) is 2.50. The number of pyridine rings is 1. The highest BCUT2D eigenvalue weighted by molar-refractivity contribution is 6.05. The van der Waals surface area contributed by atoms with E-state index in [4.69, 9.17) is 4.74 Å². The second-order valence-corrected chi connectivity index (χ2v) is 5.45. The standard InChI is InChI=1S/C18H19N3O3/c1-3-24-16-7-5-4-6-13(16)12-8-15-14(20-10-12)9-18(23)21(15)11-17(22)19-2/h4-8,10H,3,9,11H2,1-2H3,(H,19,22). The van der Waals surface area contributed by atoms with Gasteiger partial charge in [-0.1, -0.05) is 18.2 Å². The molecule has 24 heavy (non-hydrogen) atoms. The van der Waals surface area contributed by atoms with Crippen molar-refractivity contribution < 1.29 is 14.3 Å². The summed E-state index contributed by atoms with van der Waals surface area (Å²) < 4.78 is 5.67. The third-order valence-corrected chi connectivity index (χ3v) is 3.94. The Labute approximate surface area is 140 Å². The Kier molecular flexibility index (Phi) is 4.46. The van der Waals surface area contributed by atoms with Crippen LogP contribution in [-0.4, -0.2) is 37.0 Å². The maximum atomic E-state index is 12.2. The minimum atomic E-state index is -0.212. The lowest BCUT2D eigenvalue weighted by molar-refractivity contribution is -0.122. The number of benzene rings is 1. The summed E-state index contributed by atoms with van der Waals surface area (Å²) in [5.74, 6) is 0.441. The van der Waals surface area contributed by atoms with E-state index in [1.807, 2.05) is 37.3 Å². The second kappa shape index (κ2) is 6.70. The Balaban J connectivity index is 2.00. The lowest BCUT2D eigenvalue weighted by atomic mass is 10.1. The molecule has 6 nitrogen and oxygen atoms in total. The number of fused-ring (bicyclic) bond motifs is 1. The molecule has 1 aliphatic rings. The van der Waals surface area contributed by atoms with Crippen molar-refractivity contribution in [3.05, 3.63) is 42.2 Å². The normalized spacial score (nSPS) is 12.9. The number of likely N-dealkylation sites (N-methyl/N-ethyl adjacent to an activating group) is 1. The van der Waals surface area contributed by atoms with Crippen molar-refractivity contribution in [3.8, 4) is 16.9 Å². The maximum Gasteiger partial charge on any atom is 0.239 e. The molecule has 1 N–H and O–H groups in total. The molecule has 2 heterocycles. The van der Waals surface area contributed by atoms with Gasteiger partial charge in [0.25, 0.3) is 0 Å². The number of carbonyl (C=O) groups is 2. The molecule has 0 fully saturated rings. The number of para-hydroxylation sites is 1. The van der Waals surface area contributed by atoms with Crippen molar-refractivity contribution in [1.82, 2.24) is 10.3 Å². The van der Waals surface area contributed by atoms with E-state index in [2.05, 4.69) is 10.3 Å². The van der Waals surface area contributed by atoms with Gasteiger partial charge in [-0.3, -0.25) is 14.6 Å². The van der Waals surface area contributed by atoms with Crippen LogP contribution in [0.3, 0.4) is 0 Å². The van der Waals surface area contributed by atoms with E-state index in [9.17, 15) is 9.59 Å². The monoisotopic (exact) mass is 325 g/mol. The van der Waals surface area contributed by atoms with Gasteiger partial charge in [0.2, 0.25) is 11.8 Å². The van der Waals surface area contributed by atoms with E-state index in [1.54, 1.807) is 13.2 Å². The number of anilines is 1. The molecule has 0 saturated carbocycles. The average Bonchev–Trinajstić information content (AvgIpc) is 2.90. The number of rotatable bonds is 5. The summed E-state index contributed by atoms with van der Waals surface area (Å²) in [5.41, 5.74) is 3.15. The molecule has 0 radical (unpaired) electrons. The predicted molar refractivity (Wildman–Crippen MR) is 91.0 cm³/mol. The molecule has 1 aromatic carbocycles. The minimum Gasteiger partial charge on any atom is -0.493 e. The van der Waals surface area contributed by atoms with Crippen LogP contribution in [0, 0.1) is 0 Å². The zero-order chi connectivity index (χ0) is 17.1. The zero-order valence-electron chi connectivity index (χ0n) is 13.7. The quantitative estimate of drug-likeness (QED) is 0.910. The van der Waals surface area contributed by atoms with Crippen molar-refractivity contribution in [2.45, 2.75) is 13.3 Å². The SMILES string of the molecule is CCOc1ccccc1-c1cnc2c(c1)N(CC(=O)NC)C(=O)C2. The van der Waals surface area contributed by atoms with Gasteiger partial charge in [-0.25, -0.2) is 0 Å². The van der Waals surface area contributed by atoms with Crippen molar-refractivity contribution in [1.29, 1.82) is 0 Å². The molecular weight excluding hydrogens is 306 g/mol. The number of ether oxygens (including phenoxy) is 1. The van der Waals surface area contributed by atoms with Crippen molar-refractivity contribution >= 4 is 17.5 Å². The van der Waals surface area contributed by atoms with Crippen LogP contribution in [0.15, 0.2) is 36.5 Å². The van der Waals surface area contributed by atoms with Crippen LogP contribution in [-0.2, 0) is 16.0 Å². The van der Waals surface area contributed by atoms with Crippen LogP contribution in [0.4, 0.5) is 5.69 Å².